The lowest BCUT2D eigenvalue weighted by molar-refractivity contribution is 0.0730. The third kappa shape index (κ3) is 3.61. The fourth-order valence-corrected chi connectivity index (χ4v) is 4.65. The highest BCUT2D eigenvalue weighted by Gasteiger charge is 2.42. The second-order valence-corrected chi connectivity index (χ2v) is 8.63. The van der Waals surface area contributed by atoms with Crippen LogP contribution in [0.25, 0.3) is 11.3 Å². The van der Waals surface area contributed by atoms with Gasteiger partial charge in [-0.25, -0.2) is 0 Å². The monoisotopic (exact) mass is 467 g/mol. The van der Waals surface area contributed by atoms with Gasteiger partial charge >= 0.3 is 0 Å². The zero-order valence-electron chi connectivity index (χ0n) is 16.1. The molecule has 0 fully saturated rings. The first kappa shape index (κ1) is 20.1. The summed E-state index contributed by atoms with van der Waals surface area (Å²) in [7, 11) is 0. The van der Waals surface area contributed by atoms with E-state index in [0.717, 1.165) is 22.3 Å². The first-order valence-electron chi connectivity index (χ1n) is 9.67. The number of halogens is 3. The SMILES string of the molecule is O=C1c2[nH]nc(-c3ccc(Cl)cc3)c2C(c2ccc(Cl)cc2Cl)N1Cc1ccccc1. The molecule has 1 aliphatic rings. The zero-order chi connectivity index (χ0) is 21.5. The Morgan fingerprint density at radius 3 is 2.32 bits per heavy atom. The number of aromatic amines is 1. The maximum atomic E-state index is 13.4. The molecule has 1 unspecified atom stereocenters. The van der Waals surface area contributed by atoms with Gasteiger partial charge in [-0.2, -0.15) is 5.10 Å². The lowest BCUT2D eigenvalue weighted by Crippen LogP contribution is -2.29. The number of benzene rings is 3. The molecule has 1 atom stereocenters. The predicted octanol–water partition coefficient (Wildman–Crippen LogP) is 6.78. The van der Waals surface area contributed by atoms with Crippen molar-refractivity contribution in [1.29, 1.82) is 0 Å². The van der Waals surface area contributed by atoms with E-state index in [9.17, 15) is 4.79 Å². The highest BCUT2D eigenvalue weighted by atomic mass is 35.5. The number of nitrogens with one attached hydrogen (secondary N) is 1. The number of nitrogens with zero attached hydrogens (tertiary/aromatic N) is 2. The Hall–Kier alpha value is -2.79. The second kappa shape index (κ2) is 8.04. The standard InChI is InChI=1S/C24H16Cl3N3O/c25-16-8-6-15(7-9-16)21-20-22(29-28-21)24(31)30(13-14-4-2-1-3-5-14)23(20)18-11-10-17(26)12-19(18)27/h1-12,23H,13H2,(H,28,29). The molecule has 2 heterocycles. The summed E-state index contributed by atoms with van der Waals surface area (Å²) in [5, 5.41) is 9.09. The van der Waals surface area contributed by atoms with E-state index in [1.54, 1.807) is 24.3 Å². The van der Waals surface area contributed by atoms with E-state index in [0.29, 0.717) is 33.0 Å². The summed E-state index contributed by atoms with van der Waals surface area (Å²) in [6.45, 7) is 0.436. The molecule has 7 heteroatoms. The molecule has 5 rings (SSSR count). The maximum Gasteiger partial charge on any atom is 0.273 e. The van der Waals surface area contributed by atoms with Gasteiger partial charge in [0.25, 0.3) is 5.91 Å². The molecule has 1 amide bonds. The number of amides is 1. The van der Waals surface area contributed by atoms with Crippen molar-refractivity contribution in [3.63, 3.8) is 0 Å². The van der Waals surface area contributed by atoms with Crippen molar-refractivity contribution in [2.45, 2.75) is 12.6 Å². The Morgan fingerprint density at radius 1 is 0.903 bits per heavy atom. The number of hydrogen-bond acceptors (Lipinski definition) is 2. The van der Waals surface area contributed by atoms with Crippen molar-refractivity contribution in [3.8, 4) is 11.3 Å². The van der Waals surface area contributed by atoms with Crippen LogP contribution in [0.3, 0.4) is 0 Å². The zero-order valence-corrected chi connectivity index (χ0v) is 18.4. The number of carbonyl (C=O) groups excluding carboxylic acids is 1. The van der Waals surface area contributed by atoms with Gasteiger partial charge in [-0.3, -0.25) is 9.89 Å². The summed E-state index contributed by atoms with van der Waals surface area (Å²) < 4.78 is 0. The molecule has 0 saturated carbocycles. The number of aromatic nitrogens is 2. The van der Waals surface area contributed by atoms with Crippen LogP contribution in [0.15, 0.2) is 72.8 Å². The quantitative estimate of drug-likeness (QED) is 0.359. The van der Waals surface area contributed by atoms with Gasteiger partial charge in [0.05, 0.1) is 11.7 Å². The molecule has 1 aromatic heterocycles. The Labute approximate surface area is 194 Å². The van der Waals surface area contributed by atoms with Crippen molar-refractivity contribution in [2.75, 3.05) is 0 Å². The van der Waals surface area contributed by atoms with Crippen molar-refractivity contribution in [2.24, 2.45) is 0 Å². The van der Waals surface area contributed by atoms with Crippen LogP contribution in [-0.2, 0) is 6.54 Å². The Balaban J connectivity index is 1.68. The normalized spacial score (nSPS) is 15.4. The molecule has 0 radical (unpaired) electrons. The third-order valence-corrected chi connectivity index (χ3v) is 6.25. The van der Waals surface area contributed by atoms with Gasteiger partial charge in [-0.15, -0.1) is 0 Å². The van der Waals surface area contributed by atoms with Gasteiger partial charge in [0.15, 0.2) is 0 Å². The van der Waals surface area contributed by atoms with Crippen LogP contribution in [0.5, 0.6) is 0 Å². The maximum absolute atomic E-state index is 13.4. The van der Waals surface area contributed by atoms with E-state index < -0.39 is 6.04 Å². The van der Waals surface area contributed by atoms with E-state index in [-0.39, 0.29) is 5.91 Å². The molecule has 0 spiro atoms. The molecule has 0 bridgehead atoms. The van der Waals surface area contributed by atoms with Crippen LogP contribution in [0.1, 0.15) is 33.2 Å². The highest BCUT2D eigenvalue weighted by Crippen LogP contribution is 2.45. The molecule has 0 saturated heterocycles. The number of fused-ring (bicyclic) bond motifs is 1. The molecule has 3 aromatic carbocycles. The fraction of sp³-hybridized carbons (Fsp3) is 0.0833. The van der Waals surface area contributed by atoms with E-state index in [2.05, 4.69) is 10.2 Å². The van der Waals surface area contributed by atoms with Gasteiger partial charge in [0.2, 0.25) is 0 Å². The van der Waals surface area contributed by atoms with E-state index in [1.807, 2.05) is 53.4 Å². The van der Waals surface area contributed by atoms with E-state index in [4.69, 9.17) is 34.8 Å². The summed E-state index contributed by atoms with van der Waals surface area (Å²) in [5.41, 5.74) is 4.66. The lowest BCUT2D eigenvalue weighted by atomic mass is 9.96. The lowest BCUT2D eigenvalue weighted by Gasteiger charge is -2.27. The molecular weight excluding hydrogens is 453 g/mol. The summed E-state index contributed by atoms with van der Waals surface area (Å²) in [5.74, 6) is -0.123. The molecular formula is C24H16Cl3N3O. The van der Waals surface area contributed by atoms with Crippen LogP contribution in [0.4, 0.5) is 0 Å². The molecule has 0 aliphatic carbocycles. The topological polar surface area (TPSA) is 49.0 Å². The molecule has 4 aromatic rings. The fourth-order valence-electron chi connectivity index (χ4n) is 4.01. The summed E-state index contributed by atoms with van der Waals surface area (Å²) in [4.78, 5) is 15.2. The summed E-state index contributed by atoms with van der Waals surface area (Å²) >= 11 is 18.8. The minimum atomic E-state index is -0.406. The van der Waals surface area contributed by atoms with Crippen molar-refractivity contribution in [3.05, 3.63) is 110 Å². The average Bonchev–Trinajstić information content (AvgIpc) is 3.30. The average molecular weight is 469 g/mol. The molecule has 154 valence electrons. The van der Waals surface area contributed by atoms with Crippen molar-refractivity contribution >= 4 is 40.7 Å². The Morgan fingerprint density at radius 2 is 1.61 bits per heavy atom. The first-order valence-corrected chi connectivity index (χ1v) is 10.8. The predicted molar refractivity (Wildman–Crippen MR) is 124 cm³/mol. The van der Waals surface area contributed by atoms with Crippen molar-refractivity contribution < 1.29 is 4.79 Å². The molecule has 4 nitrogen and oxygen atoms in total. The van der Waals surface area contributed by atoms with Crippen LogP contribution >= 0.6 is 34.8 Å². The minimum absolute atomic E-state index is 0.123. The summed E-state index contributed by atoms with van der Waals surface area (Å²) in [6, 6.07) is 22.2. The number of rotatable bonds is 4. The molecule has 1 aliphatic heterocycles. The first-order chi connectivity index (χ1) is 15.0. The van der Waals surface area contributed by atoms with Crippen LogP contribution < -0.4 is 0 Å². The number of H-pyrrole nitrogens is 1. The second-order valence-electron chi connectivity index (χ2n) is 7.35. The van der Waals surface area contributed by atoms with Crippen LogP contribution in [0, 0.1) is 0 Å². The highest BCUT2D eigenvalue weighted by molar-refractivity contribution is 6.35. The molecule has 1 N–H and O–H groups in total. The van der Waals surface area contributed by atoms with Gasteiger partial charge in [-0.05, 0) is 35.4 Å². The smallest absolute Gasteiger partial charge is 0.273 e. The third-order valence-electron chi connectivity index (χ3n) is 5.43. The van der Waals surface area contributed by atoms with Crippen molar-refractivity contribution in [1.82, 2.24) is 15.1 Å². The molecule has 31 heavy (non-hydrogen) atoms. The van der Waals surface area contributed by atoms with Crippen LogP contribution in [0.2, 0.25) is 15.1 Å². The Kier molecular flexibility index (Phi) is 5.22. The van der Waals surface area contributed by atoms with Gasteiger partial charge in [0, 0.05) is 32.7 Å². The minimum Gasteiger partial charge on any atom is -0.322 e. The van der Waals surface area contributed by atoms with Gasteiger partial charge in [0.1, 0.15) is 5.69 Å². The van der Waals surface area contributed by atoms with E-state index >= 15 is 0 Å². The van der Waals surface area contributed by atoms with Gasteiger partial charge in [-0.1, -0.05) is 83.3 Å². The van der Waals surface area contributed by atoms with E-state index in [1.165, 1.54) is 0 Å². The Bertz CT molecular complexity index is 1270. The number of carbonyl (C=O) groups is 1. The largest absolute Gasteiger partial charge is 0.322 e. The van der Waals surface area contributed by atoms with Gasteiger partial charge < -0.3 is 4.90 Å². The number of hydrogen-bond donors (Lipinski definition) is 1. The van der Waals surface area contributed by atoms with Crippen LogP contribution in [-0.4, -0.2) is 21.0 Å². The summed E-state index contributed by atoms with van der Waals surface area (Å²) in [6.07, 6.45) is 0.